The summed E-state index contributed by atoms with van der Waals surface area (Å²) in [5.74, 6) is -0.119. The van der Waals surface area contributed by atoms with Crippen molar-refractivity contribution < 1.29 is 22.7 Å². The van der Waals surface area contributed by atoms with E-state index in [1.54, 1.807) is 13.0 Å². The predicted octanol–water partition coefficient (Wildman–Crippen LogP) is 3.30. The minimum Gasteiger partial charge on any atom is -0.478 e. The van der Waals surface area contributed by atoms with Gasteiger partial charge in [-0.2, -0.15) is 4.31 Å². The van der Waals surface area contributed by atoms with Gasteiger partial charge >= 0.3 is 0 Å². The molecule has 3 aliphatic rings. The molecular weight excluding hydrogens is 442 g/mol. The van der Waals surface area contributed by atoms with Crippen molar-refractivity contribution in [3.63, 3.8) is 0 Å². The van der Waals surface area contributed by atoms with Crippen LogP contribution in [0.2, 0.25) is 0 Å². The van der Waals surface area contributed by atoms with Gasteiger partial charge in [0.1, 0.15) is 5.75 Å². The third-order valence-electron chi connectivity index (χ3n) is 7.29. The topological polar surface area (TPSA) is 96.0 Å². The maximum absolute atomic E-state index is 13.6. The first-order chi connectivity index (χ1) is 15.7. The molecule has 0 bridgehead atoms. The molecule has 2 heterocycles. The summed E-state index contributed by atoms with van der Waals surface area (Å²) in [6.45, 7) is 4.15. The Hall–Kier alpha value is -2.13. The maximum Gasteiger partial charge on any atom is 0.265 e. The highest BCUT2D eigenvalue weighted by Crippen LogP contribution is 2.37. The Kier molecular flexibility index (Phi) is 7.00. The second-order valence-electron chi connectivity index (χ2n) is 9.56. The highest BCUT2D eigenvalue weighted by Gasteiger charge is 2.37. The highest BCUT2D eigenvalue weighted by molar-refractivity contribution is 7.89. The van der Waals surface area contributed by atoms with E-state index < -0.39 is 16.1 Å². The molecule has 8 nitrogen and oxygen atoms in total. The maximum atomic E-state index is 13.6. The smallest absolute Gasteiger partial charge is 0.265 e. The van der Waals surface area contributed by atoms with Crippen molar-refractivity contribution in [2.24, 2.45) is 5.92 Å². The number of anilines is 1. The van der Waals surface area contributed by atoms with Gasteiger partial charge < -0.3 is 15.0 Å². The van der Waals surface area contributed by atoms with Gasteiger partial charge in [-0.1, -0.05) is 26.2 Å². The lowest BCUT2D eigenvalue weighted by atomic mass is 9.92. The highest BCUT2D eigenvalue weighted by atomic mass is 32.2. The molecule has 2 fully saturated rings. The zero-order valence-corrected chi connectivity index (χ0v) is 20.6. The molecule has 0 radical (unpaired) electrons. The van der Waals surface area contributed by atoms with Crippen LogP contribution in [0.15, 0.2) is 17.0 Å². The standard InChI is InChI=1S/C24H35N3O5S/c1-4-20-23(28)25-19-13-16(2)22(14-21(19)32-20)33(30,31)27-12-8-9-17(15-27)24(29)26(3)18-10-6-5-7-11-18/h13-14,17-18,20H,4-12,15H2,1-3H3,(H,25,28)/t17-,20+/m0/s1. The van der Waals surface area contributed by atoms with Gasteiger partial charge in [0, 0.05) is 32.2 Å². The molecule has 0 spiro atoms. The fourth-order valence-electron chi connectivity index (χ4n) is 5.27. The number of benzene rings is 1. The van der Waals surface area contributed by atoms with Crippen LogP contribution < -0.4 is 10.1 Å². The number of ether oxygens (including phenoxy) is 1. The van der Waals surface area contributed by atoms with E-state index in [9.17, 15) is 18.0 Å². The fourth-order valence-corrected chi connectivity index (χ4v) is 7.01. The van der Waals surface area contributed by atoms with Crippen molar-refractivity contribution in [2.45, 2.75) is 82.3 Å². The molecule has 1 aliphatic carbocycles. The van der Waals surface area contributed by atoms with Crippen molar-refractivity contribution in [3.8, 4) is 5.75 Å². The predicted molar refractivity (Wildman–Crippen MR) is 126 cm³/mol. The number of carbonyl (C=O) groups is 2. The van der Waals surface area contributed by atoms with E-state index in [-0.39, 0.29) is 35.2 Å². The van der Waals surface area contributed by atoms with E-state index in [1.165, 1.54) is 16.8 Å². The van der Waals surface area contributed by atoms with E-state index >= 15 is 0 Å². The molecule has 4 rings (SSSR count). The van der Waals surface area contributed by atoms with Crippen LogP contribution in [0.3, 0.4) is 0 Å². The second-order valence-corrected chi connectivity index (χ2v) is 11.5. The number of hydrogen-bond acceptors (Lipinski definition) is 5. The second kappa shape index (κ2) is 9.62. The van der Waals surface area contributed by atoms with Gasteiger partial charge in [0.15, 0.2) is 6.10 Å². The van der Waals surface area contributed by atoms with Crippen LogP contribution in [0.25, 0.3) is 0 Å². The first-order valence-electron chi connectivity index (χ1n) is 12.1. The number of rotatable bonds is 5. The Labute approximate surface area is 196 Å². The van der Waals surface area contributed by atoms with Crippen LogP contribution in [0.4, 0.5) is 5.69 Å². The molecular formula is C24H35N3O5S. The molecule has 2 aliphatic heterocycles. The molecule has 1 saturated carbocycles. The van der Waals surface area contributed by atoms with E-state index in [0.29, 0.717) is 42.8 Å². The minimum atomic E-state index is -3.81. The number of aryl methyl sites for hydroxylation is 1. The third kappa shape index (κ3) is 4.75. The monoisotopic (exact) mass is 477 g/mol. The van der Waals surface area contributed by atoms with Crippen molar-refractivity contribution in [3.05, 3.63) is 17.7 Å². The summed E-state index contributed by atoms with van der Waals surface area (Å²) in [6.07, 6.45) is 6.79. The molecule has 1 aromatic rings. The van der Waals surface area contributed by atoms with Crippen molar-refractivity contribution in [1.82, 2.24) is 9.21 Å². The van der Waals surface area contributed by atoms with Gasteiger partial charge in [-0.25, -0.2) is 8.42 Å². The number of carbonyl (C=O) groups excluding carboxylic acids is 2. The zero-order valence-electron chi connectivity index (χ0n) is 19.8. The summed E-state index contributed by atoms with van der Waals surface area (Å²) < 4.78 is 34.4. The van der Waals surface area contributed by atoms with Crippen LogP contribution in [0.5, 0.6) is 5.75 Å². The van der Waals surface area contributed by atoms with Crippen molar-refractivity contribution in [2.75, 3.05) is 25.5 Å². The number of nitrogens with one attached hydrogen (secondary N) is 1. The normalized spacial score (nSPS) is 24.5. The number of hydrogen-bond donors (Lipinski definition) is 1. The van der Waals surface area contributed by atoms with Crippen LogP contribution in [-0.2, 0) is 19.6 Å². The van der Waals surface area contributed by atoms with Gasteiger partial charge in [0.05, 0.1) is 16.5 Å². The minimum absolute atomic E-state index is 0.0563. The number of sulfonamides is 1. The van der Waals surface area contributed by atoms with E-state index in [1.807, 2.05) is 18.9 Å². The molecule has 2 amide bonds. The Morgan fingerprint density at radius 3 is 2.61 bits per heavy atom. The summed E-state index contributed by atoms with van der Waals surface area (Å²) in [7, 11) is -1.94. The van der Waals surface area contributed by atoms with E-state index in [0.717, 1.165) is 25.7 Å². The summed E-state index contributed by atoms with van der Waals surface area (Å²) in [5.41, 5.74) is 1.03. The number of nitrogens with zero attached hydrogens (tertiary/aromatic N) is 2. The molecule has 0 aromatic heterocycles. The van der Waals surface area contributed by atoms with Gasteiger partial charge in [-0.05, 0) is 50.7 Å². The molecule has 0 unspecified atom stereocenters. The molecule has 1 N–H and O–H groups in total. The summed E-state index contributed by atoms with van der Waals surface area (Å²) >= 11 is 0. The van der Waals surface area contributed by atoms with Crippen LogP contribution in [0, 0.1) is 12.8 Å². The van der Waals surface area contributed by atoms with E-state index in [2.05, 4.69) is 5.32 Å². The lowest BCUT2D eigenvalue weighted by Gasteiger charge is -2.37. The Bertz CT molecular complexity index is 1020. The summed E-state index contributed by atoms with van der Waals surface area (Å²) in [5, 5.41) is 2.80. The SMILES string of the molecule is CC[C@H]1Oc2cc(S(=O)(=O)N3CCC[C@H](C(=O)N(C)C4CCCCC4)C3)c(C)cc2NC1=O. The largest absolute Gasteiger partial charge is 0.478 e. The van der Waals surface area contributed by atoms with Crippen molar-refractivity contribution >= 4 is 27.5 Å². The molecule has 1 aromatic carbocycles. The first kappa shape index (κ1) is 24.0. The third-order valence-corrected chi connectivity index (χ3v) is 9.30. The first-order valence-corrected chi connectivity index (χ1v) is 13.6. The molecule has 1 saturated heterocycles. The number of piperidine rings is 1. The molecule has 33 heavy (non-hydrogen) atoms. The summed E-state index contributed by atoms with van der Waals surface area (Å²) in [6, 6.07) is 3.43. The zero-order chi connectivity index (χ0) is 23.8. The van der Waals surface area contributed by atoms with Crippen LogP contribution in [0.1, 0.15) is 63.9 Å². The van der Waals surface area contributed by atoms with E-state index in [4.69, 9.17) is 4.74 Å². The number of fused-ring (bicyclic) bond motifs is 1. The van der Waals surface area contributed by atoms with Crippen LogP contribution >= 0.6 is 0 Å². The Morgan fingerprint density at radius 2 is 1.91 bits per heavy atom. The molecule has 182 valence electrons. The van der Waals surface area contributed by atoms with Gasteiger partial charge in [-0.3, -0.25) is 9.59 Å². The Balaban J connectivity index is 1.53. The average molecular weight is 478 g/mol. The average Bonchev–Trinajstić information content (AvgIpc) is 2.83. The Morgan fingerprint density at radius 1 is 1.18 bits per heavy atom. The number of amides is 2. The van der Waals surface area contributed by atoms with Gasteiger partial charge in [0.25, 0.3) is 5.91 Å². The summed E-state index contributed by atoms with van der Waals surface area (Å²) in [4.78, 5) is 27.3. The van der Waals surface area contributed by atoms with Crippen molar-refractivity contribution in [1.29, 1.82) is 0 Å². The fraction of sp³-hybridized carbons (Fsp3) is 0.667. The van der Waals surface area contributed by atoms with Gasteiger partial charge in [0.2, 0.25) is 15.9 Å². The van der Waals surface area contributed by atoms with Gasteiger partial charge in [-0.15, -0.1) is 0 Å². The molecule has 2 atom stereocenters. The quantitative estimate of drug-likeness (QED) is 0.702. The van der Waals surface area contributed by atoms with Crippen LogP contribution in [-0.4, -0.2) is 61.7 Å². The lowest BCUT2D eigenvalue weighted by Crippen LogP contribution is -2.48. The lowest BCUT2D eigenvalue weighted by molar-refractivity contribution is -0.138. The molecule has 9 heteroatoms.